The molecule has 0 radical (unpaired) electrons. The van der Waals surface area contributed by atoms with Gasteiger partial charge in [-0.15, -0.1) is 20.5 Å². The third-order valence-corrected chi connectivity index (χ3v) is 5.15. The summed E-state index contributed by atoms with van der Waals surface area (Å²) in [6, 6.07) is 12.0. The van der Waals surface area contributed by atoms with E-state index < -0.39 is 18.2 Å². The van der Waals surface area contributed by atoms with Gasteiger partial charge >= 0.3 is 6.29 Å². The van der Waals surface area contributed by atoms with Crippen molar-refractivity contribution in [3.05, 3.63) is 54.1 Å². The fourth-order valence-electron chi connectivity index (χ4n) is 2.86. The van der Waals surface area contributed by atoms with Crippen molar-refractivity contribution in [2.75, 3.05) is 16.9 Å². The maximum atomic E-state index is 13.1. The minimum Gasteiger partial charge on any atom is -0.395 e. The second kappa shape index (κ2) is 6.73. The number of benzene rings is 2. The Hall–Kier alpha value is -2.81. The summed E-state index contributed by atoms with van der Waals surface area (Å²) in [5.74, 6) is -0.0289. The monoisotopic (exact) mass is 392 g/mol. The molecule has 0 aromatic heterocycles. The number of carbonyl (C=O) groups excluding carboxylic acids is 2. The number of carbonyl (C=O) groups is 2. The van der Waals surface area contributed by atoms with Crippen LogP contribution in [0.1, 0.15) is 10.4 Å². The van der Waals surface area contributed by atoms with E-state index in [4.69, 9.17) is 0 Å². The average Bonchev–Trinajstić information content (AvgIpc) is 3.24. The Morgan fingerprint density at radius 2 is 1.85 bits per heavy atom. The van der Waals surface area contributed by atoms with Crippen molar-refractivity contribution in [1.29, 1.82) is 0 Å². The first-order valence-corrected chi connectivity index (χ1v) is 9.23. The van der Waals surface area contributed by atoms with Crippen LogP contribution in [-0.2, 0) is 4.79 Å². The lowest BCUT2D eigenvalue weighted by Crippen LogP contribution is -2.44. The number of alkyl halides is 2. The van der Waals surface area contributed by atoms with Crippen molar-refractivity contribution in [2.45, 2.75) is 12.3 Å². The van der Waals surface area contributed by atoms with Crippen LogP contribution < -0.4 is 14.8 Å². The van der Waals surface area contributed by atoms with Crippen molar-refractivity contribution in [3.8, 4) is 11.5 Å². The van der Waals surface area contributed by atoms with Gasteiger partial charge in [0, 0.05) is 23.1 Å². The minimum atomic E-state index is -3.72. The van der Waals surface area contributed by atoms with Crippen molar-refractivity contribution < 1.29 is 27.8 Å². The second-order valence-corrected chi connectivity index (χ2v) is 6.97. The summed E-state index contributed by atoms with van der Waals surface area (Å²) in [5, 5.41) is 2.65. The zero-order valence-corrected chi connectivity index (χ0v) is 14.7. The smallest absolute Gasteiger partial charge is 0.395 e. The number of halogens is 2. The van der Waals surface area contributed by atoms with E-state index >= 15 is 0 Å². The average molecular weight is 392 g/mol. The molecule has 1 unspecified atom stereocenters. The van der Waals surface area contributed by atoms with E-state index in [0.29, 0.717) is 17.2 Å². The molecule has 6 nitrogen and oxygen atoms in total. The first kappa shape index (κ1) is 17.6. The lowest BCUT2D eigenvalue weighted by molar-refractivity contribution is -0.286. The molecule has 2 aromatic carbocycles. The number of rotatable bonds is 3. The van der Waals surface area contributed by atoms with Crippen LogP contribution in [-0.4, -0.2) is 40.7 Å². The predicted octanol–water partition coefficient (Wildman–Crippen LogP) is 3.16. The summed E-state index contributed by atoms with van der Waals surface area (Å²) < 4.78 is 34.9. The topological polar surface area (TPSA) is 67.9 Å². The summed E-state index contributed by atoms with van der Waals surface area (Å²) in [6.07, 6.45) is -3.72. The molecular formula is C18H14F2N2O4S. The molecule has 2 aliphatic heterocycles. The number of hydrogen-bond donors (Lipinski definition) is 1. The van der Waals surface area contributed by atoms with Gasteiger partial charge in [-0.3, -0.25) is 9.59 Å². The van der Waals surface area contributed by atoms with Crippen LogP contribution in [0.5, 0.6) is 11.5 Å². The van der Waals surface area contributed by atoms with E-state index in [1.165, 1.54) is 34.9 Å². The molecule has 2 amide bonds. The van der Waals surface area contributed by atoms with Gasteiger partial charge < -0.3 is 19.7 Å². The number of nitrogens with one attached hydrogen (secondary N) is 1. The van der Waals surface area contributed by atoms with Crippen LogP contribution in [0.3, 0.4) is 0 Å². The van der Waals surface area contributed by atoms with E-state index in [0.717, 1.165) is 0 Å². The van der Waals surface area contributed by atoms with Crippen molar-refractivity contribution in [3.63, 3.8) is 0 Å². The van der Waals surface area contributed by atoms with Crippen molar-refractivity contribution >= 4 is 29.3 Å². The molecule has 1 fully saturated rings. The quantitative estimate of drug-likeness (QED) is 0.869. The number of fused-ring (bicyclic) bond motifs is 1. The Labute approximate surface area is 157 Å². The zero-order valence-electron chi connectivity index (χ0n) is 13.9. The Kier molecular flexibility index (Phi) is 4.39. The fraction of sp³-hybridized carbons (Fsp3) is 0.222. The summed E-state index contributed by atoms with van der Waals surface area (Å²) in [4.78, 5) is 26.8. The van der Waals surface area contributed by atoms with E-state index in [1.807, 2.05) is 6.07 Å². The largest absolute Gasteiger partial charge is 0.586 e. The molecule has 2 heterocycles. The van der Waals surface area contributed by atoms with Crippen LogP contribution >= 0.6 is 11.8 Å². The number of thioether (sulfide) groups is 1. The maximum Gasteiger partial charge on any atom is 0.586 e. The first-order valence-electron chi connectivity index (χ1n) is 8.07. The first-order chi connectivity index (χ1) is 12.9. The second-order valence-electron chi connectivity index (χ2n) is 5.97. The van der Waals surface area contributed by atoms with Gasteiger partial charge in [-0.25, -0.2) is 0 Å². The molecule has 9 heteroatoms. The third-order valence-electron chi connectivity index (χ3n) is 4.14. The minimum absolute atomic E-state index is 0.102. The Balaban J connectivity index is 1.48. The van der Waals surface area contributed by atoms with Gasteiger partial charge in [0.15, 0.2) is 11.5 Å². The predicted molar refractivity (Wildman–Crippen MR) is 95.0 cm³/mol. The van der Waals surface area contributed by atoms with Crippen LogP contribution in [0.2, 0.25) is 0 Å². The molecule has 1 atom stereocenters. The molecule has 27 heavy (non-hydrogen) atoms. The molecule has 4 rings (SSSR count). The molecule has 0 saturated carbocycles. The van der Waals surface area contributed by atoms with Crippen LogP contribution in [0.25, 0.3) is 0 Å². The number of amides is 2. The van der Waals surface area contributed by atoms with Gasteiger partial charge in [-0.2, -0.15) is 0 Å². The molecule has 1 saturated heterocycles. The molecule has 0 aliphatic carbocycles. The standard InChI is InChI=1S/C18H14F2N2O4S/c19-18(20)25-14-7-6-12(8-15(14)26-18)21-16(23)13-9-27-10-22(13)17(24)11-4-2-1-3-5-11/h1-8,13H,9-10H2,(H,21,23). The highest BCUT2D eigenvalue weighted by molar-refractivity contribution is 7.99. The number of anilines is 1. The van der Waals surface area contributed by atoms with Gasteiger partial charge in [-0.1, -0.05) is 18.2 Å². The third kappa shape index (κ3) is 3.55. The van der Waals surface area contributed by atoms with Gasteiger partial charge in [0.2, 0.25) is 5.91 Å². The lowest BCUT2D eigenvalue weighted by Gasteiger charge is -2.23. The van der Waals surface area contributed by atoms with Crippen LogP contribution in [0, 0.1) is 0 Å². The van der Waals surface area contributed by atoms with Gasteiger partial charge in [0.1, 0.15) is 6.04 Å². The lowest BCUT2D eigenvalue weighted by atomic mass is 10.1. The van der Waals surface area contributed by atoms with E-state index in [-0.39, 0.29) is 23.1 Å². The highest BCUT2D eigenvalue weighted by Crippen LogP contribution is 2.42. The SMILES string of the molecule is O=C(Nc1ccc2c(c1)OC(F)(F)O2)C1CSCN1C(=O)c1ccccc1. The summed E-state index contributed by atoms with van der Waals surface area (Å²) in [5.41, 5.74) is 0.784. The zero-order chi connectivity index (χ0) is 19.0. The van der Waals surface area contributed by atoms with E-state index in [9.17, 15) is 18.4 Å². The van der Waals surface area contributed by atoms with Gasteiger partial charge in [0.25, 0.3) is 5.91 Å². The molecule has 0 bridgehead atoms. The van der Waals surface area contributed by atoms with E-state index in [2.05, 4.69) is 14.8 Å². The summed E-state index contributed by atoms with van der Waals surface area (Å²) in [7, 11) is 0. The molecule has 2 aliphatic rings. The molecule has 1 N–H and O–H groups in total. The fourth-order valence-corrected chi connectivity index (χ4v) is 4.01. The molecule has 140 valence electrons. The van der Waals surface area contributed by atoms with E-state index in [1.54, 1.807) is 24.3 Å². The maximum absolute atomic E-state index is 13.1. The molecular weight excluding hydrogens is 378 g/mol. The highest BCUT2D eigenvalue weighted by Gasteiger charge is 2.43. The molecule has 0 spiro atoms. The Morgan fingerprint density at radius 1 is 1.11 bits per heavy atom. The van der Waals surface area contributed by atoms with Gasteiger partial charge in [-0.05, 0) is 24.3 Å². The number of nitrogens with zero attached hydrogens (tertiary/aromatic N) is 1. The van der Waals surface area contributed by atoms with Crippen LogP contribution in [0.15, 0.2) is 48.5 Å². The summed E-state index contributed by atoms with van der Waals surface area (Å²) in [6.45, 7) is 0. The number of ether oxygens (including phenoxy) is 2. The Bertz CT molecular complexity index is 894. The Morgan fingerprint density at radius 3 is 2.63 bits per heavy atom. The highest BCUT2D eigenvalue weighted by atomic mass is 32.2. The molecule has 2 aromatic rings. The van der Waals surface area contributed by atoms with Gasteiger partial charge in [0.05, 0.1) is 5.88 Å². The normalized spacial score (nSPS) is 19.8. The summed E-state index contributed by atoms with van der Waals surface area (Å²) >= 11 is 1.47. The van der Waals surface area contributed by atoms with Crippen molar-refractivity contribution in [2.24, 2.45) is 0 Å². The number of hydrogen-bond acceptors (Lipinski definition) is 5. The van der Waals surface area contributed by atoms with Crippen LogP contribution in [0.4, 0.5) is 14.5 Å². The van der Waals surface area contributed by atoms with Crippen molar-refractivity contribution in [1.82, 2.24) is 4.90 Å².